The third-order valence-corrected chi connectivity index (χ3v) is 5.38. The number of aryl methyl sites for hydroxylation is 2. The third-order valence-electron chi connectivity index (χ3n) is 4.37. The fourth-order valence-corrected chi connectivity index (χ4v) is 3.95. The predicted octanol–water partition coefficient (Wildman–Crippen LogP) is 2.38. The molecule has 2 aromatic rings. The van der Waals surface area contributed by atoms with Gasteiger partial charge in [-0.3, -0.25) is 4.79 Å². The largest absolute Gasteiger partial charge is 0.385 e. The number of carbonyl (C=O) groups is 1. The summed E-state index contributed by atoms with van der Waals surface area (Å²) in [5.74, 6) is 0.801. The zero-order valence-corrected chi connectivity index (χ0v) is 13.7. The zero-order valence-electron chi connectivity index (χ0n) is 12.9. The molecule has 6 heteroatoms. The highest BCUT2D eigenvalue weighted by Crippen LogP contribution is 2.30. The van der Waals surface area contributed by atoms with Gasteiger partial charge >= 0.3 is 0 Å². The summed E-state index contributed by atoms with van der Waals surface area (Å²) in [6.07, 6.45) is 4.74. The second-order valence-corrected chi connectivity index (χ2v) is 6.84. The van der Waals surface area contributed by atoms with E-state index < -0.39 is 6.10 Å². The first-order valence-electron chi connectivity index (χ1n) is 7.56. The van der Waals surface area contributed by atoms with Crippen molar-refractivity contribution in [3.05, 3.63) is 40.1 Å². The number of rotatable bonds is 3. The maximum absolute atomic E-state index is 12.6. The molecule has 3 heterocycles. The third kappa shape index (κ3) is 2.80. The first-order valence-corrected chi connectivity index (χ1v) is 8.44. The Morgan fingerprint density at radius 1 is 1.55 bits per heavy atom. The van der Waals surface area contributed by atoms with Crippen molar-refractivity contribution >= 4 is 17.2 Å². The molecule has 1 aliphatic rings. The maximum Gasteiger partial charge on any atom is 0.264 e. The SMILES string of the molecule is Cc1ccsc1C(=O)N1CCCC(C(O)c2nccn2C)C1. The Hall–Kier alpha value is -1.66. The summed E-state index contributed by atoms with van der Waals surface area (Å²) in [5.41, 5.74) is 1.03. The molecule has 5 nitrogen and oxygen atoms in total. The fraction of sp³-hybridized carbons (Fsp3) is 0.500. The zero-order chi connectivity index (χ0) is 15.7. The second kappa shape index (κ2) is 6.22. The number of hydrogen-bond acceptors (Lipinski definition) is 4. The van der Waals surface area contributed by atoms with Gasteiger partial charge < -0.3 is 14.6 Å². The lowest BCUT2D eigenvalue weighted by atomic mass is 9.91. The number of carbonyl (C=O) groups excluding carboxylic acids is 1. The van der Waals surface area contributed by atoms with Gasteiger partial charge in [-0.25, -0.2) is 4.98 Å². The van der Waals surface area contributed by atoms with Crippen LogP contribution in [0.25, 0.3) is 0 Å². The van der Waals surface area contributed by atoms with Gasteiger partial charge in [-0.2, -0.15) is 0 Å². The molecule has 22 heavy (non-hydrogen) atoms. The molecule has 1 fully saturated rings. The highest BCUT2D eigenvalue weighted by Gasteiger charge is 2.32. The average molecular weight is 319 g/mol. The van der Waals surface area contributed by atoms with Crippen LogP contribution in [-0.4, -0.2) is 38.6 Å². The lowest BCUT2D eigenvalue weighted by molar-refractivity contribution is 0.0361. The van der Waals surface area contributed by atoms with Crippen LogP contribution in [0.4, 0.5) is 0 Å². The molecular weight excluding hydrogens is 298 g/mol. The minimum absolute atomic E-state index is 0.0408. The molecule has 0 radical (unpaired) electrons. The molecule has 1 N–H and O–H groups in total. The number of aromatic nitrogens is 2. The summed E-state index contributed by atoms with van der Waals surface area (Å²) in [7, 11) is 1.88. The second-order valence-electron chi connectivity index (χ2n) is 5.93. The number of hydrogen-bond donors (Lipinski definition) is 1. The smallest absolute Gasteiger partial charge is 0.264 e. The van der Waals surface area contributed by atoms with Crippen molar-refractivity contribution in [1.82, 2.24) is 14.5 Å². The molecule has 0 bridgehead atoms. The summed E-state index contributed by atoms with van der Waals surface area (Å²) >= 11 is 1.49. The molecule has 1 amide bonds. The standard InChI is InChI=1S/C16H21N3O2S/c1-11-5-9-22-14(11)16(21)19-7-3-4-12(10-19)13(20)15-17-6-8-18(15)2/h5-6,8-9,12-13,20H,3-4,7,10H2,1-2H3. The van der Waals surface area contributed by atoms with E-state index in [0.29, 0.717) is 12.4 Å². The number of aliphatic hydroxyl groups is 1. The van der Waals surface area contributed by atoms with Crippen molar-refractivity contribution in [2.45, 2.75) is 25.9 Å². The van der Waals surface area contributed by atoms with E-state index in [1.165, 1.54) is 11.3 Å². The number of aliphatic hydroxyl groups excluding tert-OH is 1. The summed E-state index contributed by atoms with van der Waals surface area (Å²) in [6.45, 7) is 3.32. The minimum Gasteiger partial charge on any atom is -0.385 e. The Kier molecular flexibility index (Phi) is 4.31. The number of imidazole rings is 1. The minimum atomic E-state index is -0.625. The first-order chi connectivity index (χ1) is 10.6. The van der Waals surface area contributed by atoms with E-state index in [-0.39, 0.29) is 11.8 Å². The highest BCUT2D eigenvalue weighted by atomic mass is 32.1. The molecular formula is C16H21N3O2S. The van der Waals surface area contributed by atoms with Crippen molar-refractivity contribution in [3.63, 3.8) is 0 Å². The van der Waals surface area contributed by atoms with Gasteiger partial charge in [0.15, 0.2) is 0 Å². The summed E-state index contributed by atoms with van der Waals surface area (Å²) < 4.78 is 1.84. The quantitative estimate of drug-likeness (QED) is 0.945. The summed E-state index contributed by atoms with van der Waals surface area (Å²) in [4.78, 5) is 19.6. The Morgan fingerprint density at radius 3 is 3.00 bits per heavy atom. The van der Waals surface area contributed by atoms with Crippen molar-refractivity contribution in [1.29, 1.82) is 0 Å². The van der Waals surface area contributed by atoms with Crippen LogP contribution in [0.1, 0.15) is 40.0 Å². The molecule has 0 spiro atoms. The number of amides is 1. The Labute approximate surface area is 134 Å². The van der Waals surface area contributed by atoms with Crippen LogP contribution in [-0.2, 0) is 7.05 Å². The van der Waals surface area contributed by atoms with E-state index >= 15 is 0 Å². The predicted molar refractivity (Wildman–Crippen MR) is 85.9 cm³/mol. The number of thiophene rings is 1. The van der Waals surface area contributed by atoms with E-state index in [0.717, 1.165) is 29.8 Å². The lowest BCUT2D eigenvalue weighted by Crippen LogP contribution is -2.42. The normalized spacial score (nSPS) is 20.1. The number of piperidine rings is 1. The van der Waals surface area contributed by atoms with Crippen molar-refractivity contribution in [2.75, 3.05) is 13.1 Å². The Bertz CT molecular complexity index is 664. The van der Waals surface area contributed by atoms with Gasteiger partial charge in [0.1, 0.15) is 11.9 Å². The number of likely N-dealkylation sites (tertiary alicyclic amines) is 1. The van der Waals surface area contributed by atoms with Gasteiger partial charge in [-0.05, 0) is 36.8 Å². The average Bonchev–Trinajstić information content (AvgIpc) is 3.14. The molecule has 118 valence electrons. The number of nitrogens with zero attached hydrogens (tertiary/aromatic N) is 3. The molecule has 2 aromatic heterocycles. The van der Waals surface area contributed by atoms with Gasteiger partial charge in [0, 0.05) is 38.4 Å². The molecule has 0 aromatic carbocycles. The Balaban J connectivity index is 1.73. The van der Waals surface area contributed by atoms with Crippen LogP contribution < -0.4 is 0 Å². The highest BCUT2D eigenvalue weighted by molar-refractivity contribution is 7.12. The lowest BCUT2D eigenvalue weighted by Gasteiger charge is -2.34. The van der Waals surface area contributed by atoms with Crippen molar-refractivity contribution in [2.24, 2.45) is 13.0 Å². The summed E-state index contributed by atoms with van der Waals surface area (Å²) in [5, 5.41) is 12.5. The molecule has 1 aliphatic heterocycles. The van der Waals surface area contributed by atoms with Crippen LogP contribution >= 0.6 is 11.3 Å². The monoisotopic (exact) mass is 319 g/mol. The van der Waals surface area contributed by atoms with E-state index in [1.807, 2.05) is 41.1 Å². The molecule has 1 saturated heterocycles. The van der Waals surface area contributed by atoms with Gasteiger partial charge in [0.2, 0.25) is 0 Å². The van der Waals surface area contributed by atoms with E-state index in [2.05, 4.69) is 4.98 Å². The molecule has 3 rings (SSSR count). The van der Waals surface area contributed by atoms with E-state index in [9.17, 15) is 9.90 Å². The molecule has 2 atom stereocenters. The van der Waals surface area contributed by atoms with Crippen LogP contribution in [0, 0.1) is 12.8 Å². The maximum atomic E-state index is 12.6. The molecule has 0 aliphatic carbocycles. The van der Waals surface area contributed by atoms with Gasteiger partial charge in [0.05, 0.1) is 4.88 Å². The van der Waals surface area contributed by atoms with Crippen LogP contribution in [0.3, 0.4) is 0 Å². The first kappa shape index (κ1) is 15.2. The summed E-state index contributed by atoms with van der Waals surface area (Å²) in [6, 6.07) is 1.97. The van der Waals surface area contributed by atoms with E-state index in [4.69, 9.17) is 0 Å². The Morgan fingerprint density at radius 2 is 2.36 bits per heavy atom. The topological polar surface area (TPSA) is 58.4 Å². The van der Waals surface area contributed by atoms with Crippen molar-refractivity contribution < 1.29 is 9.90 Å². The van der Waals surface area contributed by atoms with Gasteiger partial charge in [0.25, 0.3) is 5.91 Å². The van der Waals surface area contributed by atoms with E-state index in [1.54, 1.807) is 6.20 Å². The molecule has 0 saturated carbocycles. The fourth-order valence-electron chi connectivity index (χ4n) is 3.06. The van der Waals surface area contributed by atoms with Crippen molar-refractivity contribution in [3.8, 4) is 0 Å². The molecule has 2 unspecified atom stereocenters. The van der Waals surface area contributed by atoms with Crippen LogP contribution in [0.15, 0.2) is 23.8 Å². The van der Waals surface area contributed by atoms with Gasteiger partial charge in [-0.1, -0.05) is 0 Å². The van der Waals surface area contributed by atoms with Crippen LogP contribution in [0.5, 0.6) is 0 Å². The van der Waals surface area contributed by atoms with Crippen LogP contribution in [0.2, 0.25) is 0 Å². The van der Waals surface area contributed by atoms with Gasteiger partial charge in [-0.15, -0.1) is 11.3 Å².